The lowest BCUT2D eigenvalue weighted by molar-refractivity contribution is -0.898. The highest BCUT2D eigenvalue weighted by Crippen LogP contribution is 2.08. The van der Waals surface area contributed by atoms with E-state index in [1.807, 2.05) is 18.2 Å². The summed E-state index contributed by atoms with van der Waals surface area (Å²) in [5, 5.41) is 10.5. The number of nitrogens with one attached hydrogen (secondary N) is 1. The van der Waals surface area contributed by atoms with Gasteiger partial charge in [-0.15, -0.1) is 0 Å². The summed E-state index contributed by atoms with van der Waals surface area (Å²) >= 11 is 0. The molecule has 0 spiro atoms. The van der Waals surface area contributed by atoms with Crippen molar-refractivity contribution in [2.45, 2.75) is 0 Å². The summed E-state index contributed by atoms with van der Waals surface area (Å²) in [6, 6.07) is 9.18. The molecule has 0 saturated carbocycles. The first-order chi connectivity index (χ1) is 9.65. The summed E-state index contributed by atoms with van der Waals surface area (Å²) in [5.74, 6) is -0.449. The average molecular weight is 278 g/mol. The van der Waals surface area contributed by atoms with Crippen molar-refractivity contribution < 1.29 is 24.3 Å². The van der Waals surface area contributed by atoms with Gasteiger partial charge in [0.25, 0.3) is 5.91 Å². The highest BCUT2D eigenvalue weighted by atomic mass is 16.5. The molecule has 1 aromatic rings. The summed E-state index contributed by atoms with van der Waals surface area (Å²) in [7, 11) is 0. The fourth-order valence-corrected chi connectivity index (χ4v) is 2.21. The first-order valence-corrected chi connectivity index (χ1v) is 6.64. The Labute approximate surface area is 117 Å². The van der Waals surface area contributed by atoms with Gasteiger partial charge in [0.2, 0.25) is 0 Å². The monoisotopic (exact) mass is 278 g/mol. The van der Waals surface area contributed by atoms with Crippen molar-refractivity contribution in [1.29, 1.82) is 0 Å². The number of quaternary nitrogens is 1. The number of hydrogen-bond acceptors (Lipinski definition) is 4. The minimum atomic E-state index is -1.05. The number of carboxylic acid groups (broad SMARTS) is 1. The lowest BCUT2D eigenvalue weighted by atomic mass is 10.3. The second-order valence-corrected chi connectivity index (χ2v) is 4.78. The van der Waals surface area contributed by atoms with Crippen molar-refractivity contribution in [3.8, 4) is 5.75 Å². The second-order valence-electron chi connectivity index (χ2n) is 4.78. The fraction of sp³-hybridized carbons (Fsp3) is 0.429. The van der Waals surface area contributed by atoms with E-state index in [0.717, 1.165) is 4.90 Å². The number of amides is 1. The Bertz CT molecular complexity index is 456. The van der Waals surface area contributed by atoms with Gasteiger partial charge in [-0.1, -0.05) is 18.2 Å². The first kappa shape index (κ1) is 14.3. The van der Waals surface area contributed by atoms with Gasteiger partial charge in [-0.05, 0) is 12.1 Å². The van der Waals surface area contributed by atoms with Crippen LogP contribution < -0.4 is 14.7 Å². The summed E-state index contributed by atoms with van der Waals surface area (Å²) in [6.07, 6.45) is 0. The van der Waals surface area contributed by atoms with E-state index >= 15 is 0 Å². The van der Waals surface area contributed by atoms with Crippen LogP contribution in [0.2, 0.25) is 0 Å². The number of para-hydroxylation sites is 1. The van der Waals surface area contributed by atoms with E-state index in [9.17, 15) is 14.7 Å². The van der Waals surface area contributed by atoms with E-state index in [0.29, 0.717) is 31.9 Å². The molecule has 0 radical (unpaired) electrons. The smallest absolute Gasteiger partial charge is 0.260 e. The minimum absolute atomic E-state index is 0.00253. The molecule has 20 heavy (non-hydrogen) atoms. The van der Waals surface area contributed by atoms with Crippen molar-refractivity contribution in [3.05, 3.63) is 30.3 Å². The molecule has 1 aliphatic heterocycles. The number of aliphatic carboxylic acids is 1. The molecule has 1 saturated heterocycles. The summed E-state index contributed by atoms with van der Waals surface area (Å²) in [6.45, 7) is 2.39. The molecule has 1 fully saturated rings. The zero-order valence-corrected chi connectivity index (χ0v) is 11.2. The molecule has 6 nitrogen and oxygen atoms in total. The number of rotatable bonds is 5. The lowest BCUT2D eigenvalue weighted by Gasteiger charge is -2.32. The molecular weight excluding hydrogens is 260 g/mol. The van der Waals surface area contributed by atoms with Gasteiger partial charge >= 0.3 is 0 Å². The molecule has 0 bridgehead atoms. The molecule has 1 amide bonds. The summed E-state index contributed by atoms with van der Waals surface area (Å²) in [4.78, 5) is 25.1. The first-order valence-electron chi connectivity index (χ1n) is 6.64. The number of carboxylic acids is 1. The van der Waals surface area contributed by atoms with Crippen LogP contribution in [0, 0.1) is 0 Å². The normalized spacial score (nSPS) is 15.9. The standard InChI is InChI=1S/C14H18N2O4/c17-13(11-20-12-4-2-1-3-5-12)16-8-6-15(7-9-16)10-14(18)19/h1-5H,6-11H2,(H,18,19). The van der Waals surface area contributed by atoms with Gasteiger partial charge in [-0.25, -0.2) is 0 Å². The highest BCUT2D eigenvalue weighted by Gasteiger charge is 2.23. The van der Waals surface area contributed by atoms with Crippen molar-refractivity contribution in [2.24, 2.45) is 0 Å². The molecule has 2 rings (SSSR count). The maximum Gasteiger partial charge on any atom is 0.260 e. The zero-order valence-electron chi connectivity index (χ0n) is 11.2. The van der Waals surface area contributed by atoms with Crippen LogP contribution in [0.5, 0.6) is 5.75 Å². The van der Waals surface area contributed by atoms with E-state index in [-0.39, 0.29) is 19.1 Å². The van der Waals surface area contributed by atoms with Crippen molar-refractivity contribution >= 4 is 11.9 Å². The van der Waals surface area contributed by atoms with E-state index in [2.05, 4.69) is 0 Å². The number of carbonyl (C=O) groups is 2. The van der Waals surface area contributed by atoms with Gasteiger partial charge in [0.1, 0.15) is 12.3 Å². The topological polar surface area (TPSA) is 74.1 Å². The van der Waals surface area contributed by atoms with Crippen molar-refractivity contribution in [2.75, 3.05) is 39.3 Å². The van der Waals surface area contributed by atoms with E-state index in [4.69, 9.17) is 4.74 Å². The van der Waals surface area contributed by atoms with Crippen molar-refractivity contribution in [3.63, 3.8) is 0 Å². The van der Waals surface area contributed by atoms with Crippen LogP contribution in [0.3, 0.4) is 0 Å². The predicted octanol–water partition coefficient (Wildman–Crippen LogP) is -2.46. The Hall–Kier alpha value is -2.08. The van der Waals surface area contributed by atoms with Gasteiger partial charge in [0.05, 0.1) is 32.1 Å². The quantitative estimate of drug-likeness (QED) is 0.648. The maximum absolute atomic E-state index is 12.0. The number of nitrogens with zero attached hydrogens (tertiary/aromatic N) is 1. The van der Waals surface area contributed by atoms with Gasteiger partial charge in [-0.2, -0.15) is 0 Å². The van der Waals surface area contributed by atoms with Crippen LogP contribution in [0.15, 0.2) is 30.3 Å². The molecule has 1 heterocycles. The van der Waals surface area contributed by atoms with Crippen LogP contribution in [-0.2, 0) is 9.59 Å². The number of piperazine rings is 1. The van der Waals surface area contributed by atoms with Crippen LogP contribution in [-0.4, -0.2) is 56.1 Å². The molecule has 1 aliphatic rings. The van der Waals surface area contributed by atoms with Gasteiger partial charge in [0.15, 0.2) is 6.61 Å². The number of benzene rings is 1. The molecule has 0 aromatic heterocycles. The maximum atomic E-state index is 12.0. The lowest BCUT2D eigenvalue weighted by Crippen LogP contribution is -3.16. The molecule has 0 aliphatic carbocycles. The minimum Gasteiger partial charge on any atom is -0.544 e. The number of ether oxygens (including phenoxy) is 1. The summed E-state index contributed by atoms with van der Waals surface area (Å²) in [5.41, 5.74) is 0. The van der Waals surface area contributed by atoms with E-state index in [1.165, 1.54) is 0 Å². The third-order valence-electron chi connectivity index (χ3n) is 3.32. The Morgan fingerprint density at radius 1 is 1.20 bits per heavy atom. The molecule has 1 aromatic carbocycles. The molecule has 0 atom stereocenters. The van der Waals surface area contributed by atoms with Gasteiger partial charge < -0.3 is 24.4 Å². The average Bonchev–Trinajstić information content (AvgIpc) is 2.46. The van der Waals surface area contributed by atoms with Crippen LogP contribution in [0.1, 0.15) is 0 Å². The molecule has 1 N–H and O–H groups in total. The summed E-state index contributed by atoms with van der Waals surface area (Å²) < 4.78 is 5.41. The largest absolute Gasteiger partial charge is 0.544 e. The van der Waals surface area contributed by atoms with Crippen LogP contribution in [0.25, 0.3) is 0 Å². The van der Waals surface area contributed by atoms with Crippen LogP contribution >= 0.6 is 0 Å². The third kappa shape index (κ3) is 4.24. The Morgan fingerprint density at radius 2 is 1.85 bits per heavy atom. The second kappa shape index (κ2) is 6.91. The third-order valence-corrected chi connectivity index (χ3v) is 3.32. The molecule has 6 heteroatoms. The van der Waals surface area contributed by atoms with E-state index < -0.39 is 5.97 Å². The van der Waals surface area contributed by atoms with Gasteiger partial charge in [0, 0.05) is 0 Å². The fourth-order valence-electron chi connectivity index (χ4n) is 2.21. The Morgan fingerprint density at radius 3 is 2.45 bits per heavy atom. The molecule has 108 valence electrons. The SMILES string of the molecule is O=C([O-])C[NH+]1CCN(C(=O)COc2ccccc2)CC1. The Kier molecular flexibility index (Phi) is 4.95. The van der Waals surface area contributed by atoms with E-state index in [1.54, 1.807) is 17.0 Å². The predicted molar refractivity (Wildman–Crippen MR) is 69.1 cm³/mol. The number of carbonyl (C=O) groups excluding carboxylic acids is 2. The van der Waals surface area contributed by atoms with Gasteiger partial charge in [-0.3, -0.25) is 4.79 Å². The number of hydrogen-bond donors (Lipinski definition) is 1. The highest BCUT2D eigenvalue weighted by molar-refractivity contribution is 5.77. The Balaban J connectivity index is 1.73. The zero-order chi connectivity index (χ0) is 14.4. The molecular formula is C14H18N2O4. The molecule has 0 unspecified atom stereocenters. The van der Waals surface area contributed by atoms with Crippen LogP contribution in [0.4, 0.5) is 0 Å². The van der Waals surface area contributed by atoms with Crippen molar-refractivity contribution in [1.82, 2.24) is 4.90 Å².